The Hall–Kier alpha value is -2.01. The lowest BCUT2D eigenvalue weighted by molar-refractivity contribution is -0.139. The molecule has 5 nitrogen and oxygen atoms in total. The van der Waals surface area contributed by atoms with E-state index in [9.17, 15) is 4.79 Å². The molecule has 4 rings (SSSR count). The zero-order valence-electron chi connectivity index (χ0n) is 13.9. The molecule has 2 saturated heterocycles. The summed E-state index contributed by atoms with van der Waals surface area (Å²) in [5.41, 5.74) is 1.93. The lowest BCUT2D eigenvalue weighted by Crippen LogP contribution is -2.42. The van der Waals surface area contributed by atoms with Crippen molar-refractivity contribution >= 4 is 16.9 Å². The number of carbonyl (C=O) groups excluding carboxylic acids is 1. The number of piperidine rings is 1. The van der Waals surface area contributed by atoms with Gasteiger partial charge in [0.2, 0.25) is 5.91 Å². The van der Waals surface area contributed by atoms with Crippen LogP contribution in [0.3, 0.4) is 0 Å². The monoisotopic (exact) mass is 325 g/mol. The first-order chi connectivity index (χ1) is 11.8. The Balaban J connectivity index is 1.40. The molecule has 1 amide bonds. The number of hydrogen-bond donors (Lipinski definition) is 0. The van der Waals surface area contributed by atoms with Crippen LogP contribution in [0.25, 0.3) is 11.0 Å². The third-order valence-corrected chi connectivity index (χ3v) is 5.28. The van der Waals surface area contributed by atoms with Crippen molar-refractivity contribution in [2.75, 3.05) is 26.3 Å². The quantitative estimate of drug-likeness (QED) is 0.852. The lowest BCUT2D eigenvalue weighted by Gasteiger charge is -2.35. The normalized spacial score (nSPS) is 20.4. The molecule has 0 saturated carbocycles. The summed E-state index contributed by atoms with van der Waals surface area (Å²) in [5.74, 6) is 0.915. The van der Waals surface area contributed by atoms with E-state index in [0.717, 1.165) is 68.7 Å². The van der Waals surface area contributed by atoms with E-state index in [1.54, 1.807) is 6.20 Å². The van der Waals surface area contributed by atoms with E-state index in [4.69, 9.17) is 9.72 Å². The van der Waals surface area contributed by atoms with E-state index in [1.807, 2.05) is 17.0 Å². The van der Waals surface area contributed by atoms with E-state index < -0.39 is 0 Å². The van der Waals surface area contributed by atoms with Crippen molar-refractivity contribution < 1.29 is 9.53 Å². The number of amides is 1. The summed E-state index contributed by atoms with van der Waals surface area (Å²) in [4.78, 5) is 23.7. The Kier molecular flexibility index (Phi) is 4.43. The van der Waals surface area contributed by atoms with Gasteiger partial charge < -0.3 is 9.64 Å². The smallest absolute Gasteiger partial charge is 0.225 e. The first-order valence-corrected chi connectivity index (χ1v) is 8.89. The highest BCUT2D eigenvalue weighted by Gasteiger charge is 2.30. The molecule has 2 aromatic rings. The van der Waals surface area contributed by atoms with E-state index in [-0.39, 0.29) is 5.92 Å². The minimum absolute atomic E-state index is 0.165. The minimum Gasteiger partial charge on any atom is -0.381 e. The van der Waals surface area contributed by atoms with Crippen LogP contribution in [0, 0.1) is 5.92 Å². The average Bonchev–Trinajstić information content (AvgIpc) is 2.68. The van der Waals surface area contributed by atoms with Crippen LogP contribution in [0.2, 0.25) is 0 Å². The van der Waals surface area contributed by atoms with Gasteiger partial charge in [-0.2, -0.15) is 0 Å². The van der Waals surface area contributed by atoms with Crippen molar-refractivity contribution in [2.45, 2.75) is 31.6 Å². The van der Waals surface area contributed by atoms with Crippen LogP contribution in [0.5, 0.6) is 0 Å². The molecule has 2 fully saturated rings. The number of pyridine rings is 2. The second kappa shape index (κ2) is 6.85. The van der Waals surface area contributed by atoms with Crippen LogP contribution in [-0.4, -0.2) is 47.1 Å². The molecule has 0 aromatic carbocycles. The average molecular weight is 325 g/mol. The van der Waals surface area contributed by atoms with E-state index >= 15 is 0 Å². The number of fused-ring (bicyclic) bond motifs is 1. The van der Waals surface area contributed by atoms with Gasteiger partial charge in [-0.1, -0.05) is 0 Å². The van der Waals surface area contributed by atoms with E-state index in [1.165, 1.54) is 0 Å². The molecule has 2 aromatic heterocycles. The summed E-state index contributed by atoms with van der Waals surface area (Å²) in [6.45, 7) is 3.12. The number of nitrogens with zero attached hydrogens (tertiary/aromatic N) is 3. The number of likely N-dealkylation sites (tertiary alicyclic amines) is 1. The molecule has 2 aliphatic heterocycles. The maximum absolute atomic E-state index is 12.6. The van der Waals surface area contributed by atoms with Crippen LogP contribution < -0.4 is 0 Å². The summed E-state index contributed by atoms with van der Waals surface area (Å²) in [6, 6.07) is 8.19. The molecular weight excluding hydrogens is 302 g/mol. The van der Waals surface area contributed by atoms with Crippen LogP contribution in [0.4, 0.5) is 0 Å². The summed E-state index contributed by atoms with van der Waals surface area (Å²) in [7, 11) is 0. The van der Waals surface area contributed by atoms with Gasteiger partial charge in [-0.25, -0.2) is 9.97 Å². The molecule has 2 aliphatic rings. The molecule has 5 heteroatoms. The molecule has 126 valence electrons. The molecule has 0 radical (unpaired) electrons. The van der Waals surface area contributed by atoms with Gasteiger partial charge in [0.25, 0.3) is 0 Å². The minimum atomic E-state index is 0.165. The van der Waals surface area contributed by atoms with Crippen LogP contribution >= 0.6 is 0 Å². The van der Waals surface area contributed by atoms with Gasteiger partial charge in [-0.05, 0) is 49.9 Å². The SMILES string of the molecule is O=C(C1CCOCC1)N1CCC(c2ccc3cccnc3n2)CC1. The molecule has 0 spiro atoms. The van der Waals surface area contributed by atoms with E-state index in [0.29, 0.717) is 11.8 Å². The standard InChI is InChI=1S/C19H23N3O2/c23-19(16-7-12-24-13-8-16)22-10-5-14(6-11-22)17-4-3-15-2-1-9-20-18(15)21-17/h1-4,9,14,16H,5-8,10-13H2. The van der Waals surface area contributed by atoms with Crippen molar-refractivity contribution in [1.82, 2.24) is 14.9 Å². The Bertz CT molecular complexity index is 719. The highest BCUT2D eigenvalue weighted by Crippen LogP contribution is 2.29. The van der Waals surface area contributed by atoms with Gasteiger partial charge in [0, 0.05) is 55.4 Å². The first kappa shape index (κ1) is 15.5. The van der Waals surface area contributed by atoms with Crippen molar-refractivity contribution in [3.63, 3.8) is 0 Å². The number of hydrogen-bond acceptors (Lipinski definition) is 4. The highest BCUT2D eigenvalue weighted by molar-refractivity contribution is 5.79. The van der Waals surface area contributed by atoms with Crippen LogP contribution in [0.1, 0.15) is 37.3 Å². The fraction of sp³-hybridized carbons (Fsp3) is 0.526. The molecule has 4 heterocycles. The predicted octanol–water partition coefficient (Wildman–Crippen LogP) is 2.76. The molecular formula is C19H23N3O2. The Morgan fingerprint density at radius 2 is 1.88 bits per heavy atom. The van der Waals surface area contributed by atoms with Gasteiger partial charge in [0.15, 0.2) is 5.65 Å². The largest absolute Gasteiger partial charge is 0.381 e. The van der Waals surface area contributed by atoms with Crippen molar-refractivity contribution in [3.05, 3.63) is 36.2 Å². The summed E-state index contributed by atoms with van der Waals surface area (Å²) < 4.78 is 5.36. The maximum atomic E-state index is 12.6. The Morgan fingerprint density at radius 1 is 1.08 bits per heavy atom. The Labute approximate surface area is 142 Å². The molecule has 0 N–H and O–H groups in total. The van der Waals surface area contributed by atoms with Crippen molar-refractivity contribution in [3.8, 4) is 0 Å². The molecule has 0 atom stereocenters. The highest BCUT2D eigenvalue weighted by atomic mass is 16.5. The second-order valence-electron chi connectivity index (χ2n) is 6.77. The van der Waals surface area contributed by atoms with Gasteiger partial charge in [-0.3, -0.25) is 4.79 Å². The fourth-order valence-corrected chi connectivity index (χ4v) is 3.79. The van der Waals surface area contributed by atoms with Crippen molar-refractivity contribution in [1.29, 1.82) is 0 Å². The van der Waals surface area contributed by atoms with Crippen molar-refractivity contribution in [2.24, 2.45) is 5.92 Å². The molecule has 0 unspecified atom stereocenters. The lowest BCUT2D eigenvalue weighted by atomic mass is 9.91. The van der Waals surface area contributed by atoms with Gasteiger partial charge in [-0.15, -0.1) is 0 Å². The maximum Gasteiger partial charge on any atom is 0.225 e. The topological polar surface area (TPSA) is 55.3 Å². The number of aromatic nitrogens is 2. The van der Waals surface area contributed by atoms with Crippen LogP contribution in [-0.2, 0) is 9.53 Å². The number of ether oxygens (including phenoxy) is 1. The zero-order valence-corrected chi connectivity index (χ0v) is 13.9. The summed E-state index contributed by atoms with van der Waals surface area (Å²) in [6.07, 6.45) is 5.50. The van der Waals surface area contributed by atoms with Gasteiger partial charge in [0.05, 0.1) is 0 Å². The summed E-state index contributed by atoms with van der Waals surface area (Å²) in [5, 5.41) is 1.08. The predicted molar refractivity (Wildman–Crippen MR) is 91.6 cm³/mol. The third-order valence-electron chi connectivity index (χ3n) is 5.28. The zero-order chi connectivity index (χ0) is 16.4. The Morgan fingerprint density at radius 3 is 2.67 bits per heavy atom. The van der Waals surface area contributed by atoms with Gasteiger partial charge >= 0.3 is 0 Å². The third kappa shape index (κ3) is 3.13. The summed E-state index contributed by atoms with van der Waals surface area (Å²) >= 11 is 0. The number of carbonyl (C=O) groups is 1. The van der Waals surface area contributed by atoms with Crippen LogP contribution in [0.15, 0.2) is 30.5 Å². The fourth-order valence-electron chi connectivity index (χ4n) is 3.79. The molecule has 0 bridgehead atoms. The number of rotatable bonds is 2. The second-order valence-corrected chi connectivity index (χ2v) is 6.77. The first-order valence-electron chi connectivity index (χ1n) is 8.89. The van der Waals surface area contributed by atoms with E-state index in [2.05, 4.69) is 17.1 Å². The molecule has 24 heavy (non-hydrogen) atoms. The van der Waals surface area contributed by atoms with Gasteiger partial charge in [0.1, 0.15) is 0 Å². The molecule has 0 aliphatic carbocycles.